The minimum absolute atomic E-state index is 0.0610. The van der Waals surface area contributed by atoms with Crippen molar-refractivity contribution in [3.8, 4) is 0 Å². The fraction of sp³-hybridized carbons (Fsp3) is 0.222. The second kappa shape index (κ2) is 5.02. The molecule has 0 aliphatic heterocycles. The number of hydroxylamine groups is 2. The molecule has 0 aliphatic rings. The number of primary amides is 1. The molecule has 0 saturated heterocycles. The van der Waals surface area contributed by atoms with Crippen LogP contribution in [-0.4, -0.2) is 31.0 Å². The highest BCUT2D eigenvalue weighted by atomic mass is 32.2. The van der Waals surface area contributed by atoms with Crippen molar-refractivity contribution in [1.29, 1.82) is 0 Å². The molecule has 0 fully saturated rings. The van der Waals surface area contributed by atoms with E-state index < -0.39 is 16.1 Å². The Kier molecular flexibility index (Phi) is 3.92. The van der Waals surface area contributed by atoms with Crippen LogP contribution in [0.3, 0.4) is 0 Å². The summed E-state index contributed by atoms with van der Waals surface area (Å²) in [6, 6.07) is 5.22. The van der Waals surface area contributed by atoms with Crippen LogP contribution in [0.25, 0.3) is 0 Å². The molecule has 0 radical (unpaired) electrons. The minimum Gasteiger partial charge on any atom is -0.350 e. The molecular formula is C9H13N3O4S. The number of amides is 2. The number of nitrogens with zero attached hydrogens (tertiary/aromatic N) is 1. The molecule has 0 aliphatic carbocycles. The van der Waals surface area contributed by atoms with E-state index in [-0.39, 0.29) is 6.54 Å². The Morgan fingerprint density at radius 2 is 1.94 bits per heavy atom. The molecule has 0 aromatic heterocycles. The van der Waals surface area contributed by atoms with Crippen LogP contribution in [0, 0.1) is 0 Å². The molecule has 2 amide bonds. The predicted molar refractivity (Wildman–Crippen MR) is 61.8 cm³/mol. The second-order valence-corrected chi connectivity index (χ2v) is 5.22. The van der Waals surface area contributed by atoms with Crippen molar-refractivity contribution in [2.24, 2.45) is 5.73 Å². The number of sulfonamides is 1. The molecule has 0 spiro atoms. The van der Waals surface area contributed by atoms with Gasteiger partial charge in [0.1, 0.15) is 0 Å². The van der Waals surface area contributed by atoms with Crippen molar-refractivity contribution in [3.63, 3.8) is 0 Å². The Morgan fingerprint density at radius 3 is 2.35 bits per heavy atom. The highest BCUT2D eigenvalue weighted by Crippen LogP contribution is 2.11. The van der Waals surface area contributed by atoms with Gasteiger partial charge in [0.05, 0.1) is 12.8 Å². The van der Waals surface area contributed by atoms with E-state index in [0.29, 0.717) is 16.3 Å². The van der Waals surface area contributed by atoms with Gasteiger partial charge in [-0.05, 0) is 17.7 Å². The summed E-state index contributed by atoms with van der Waals surface area (Å²) in [6.45, 7) is -0.0610. The number of nitrogens with one attached hydrogen (secondary N) is 1. The summed E-state index contributed by atoms with van der Waals surface area (Å²) in [5.41, 5.74) is 5.86. The first-order valence-electron chi connectivity index (χ1n) is 4.60. The van der Waals surface area contributed by atoms with Crippen LogP contribution in [0.15, 0.2) is 24.3 Å². The number of hydrogen-bond acceptors (Lipinski definition) is 4. The molecule has 0 heterocycles. The summed E-state index contributed by atoms with van der Waals surface area (Å²) in [5, 5.41) is 9.44. The lowest BCUT2D eigenvalue weighted by atomic mass is 10.2. The predicted octanol–water partition coefficient (Wildman–Crippen LogP) is 0.328. The normalized spacial score (nSPS) is 10.9. The molecule has 7 nitrogen and oxygen atoms in total. The second-order valence-electron chi connectivity index (χ2n) is 3.47. The smallest absolute Gasteiger partial charge is 0.338 e. The number of nitrogens with two attached hydrogens (primary N) is 1. The number of hydrogen-bond donors (Lipinski definition) is 3. The van der Waals surface area contributed by atoms with Gasteiger partial charge < -0.3 is 5.73 Å². The monoisotopic (exact) mass is 259 g/mol. The highest BCUT2D eigenvalue weighted by Gasteiger charge is 2.07. The van der Waals surface area contributed by atoms with Gasteiger partial charge in [-0.1, -0.05) is 12.1 Å². The SMILES string of the molecule is CS(=O)(=O)Nc1ccc(CN(O)C(N)=O)cc1. The van der Waals surface area contributed by atoms with E-state index in [4.69, 9.17) is 10.9 Å². The van der Waals surface area contributed by atoms with E-state index in [2.05, 4.69) is 4.72 Å². The summed E-state index contributed by atoms with van der Waals surface area (Å²) in [6.07, 6.45) is 1.05. The standard InChI is InChI=1S/C9H13N3O4S/c1-17(15,16)11-8-4-2-7(3-5-8)6-12(14)9(10)13/h2-5,11,14H,6H2,1H3,(H2,10,13). The number of anilines is 1. The summed E-state index contributed by atoms with van der Waals surface area (Å²) < 4.78 is 24.2. The molecule has 1 aromatic rings. The van der Waals surface area contributed by atoms with E-state index in [1.807, 2.05) is 0 Å². The molecule has 0 saturated carbocycles. The van der Waals surface area contributed by atoms with Gasteiger partial charge in [0.25, 0.3) is 0 Å². The zero-order valence-electron chi connectivity index (χ0n) is 9.12. The first kappa shape index (κ1) is 13.3. The van der Waals surface area contributed by atoms with Gasteiger partial charge in [-0.3, -0.25) is 9.93 Å². The number of rotatable bonds is 4. The Hall–Kier alpha value is -1.80. The maximum absolute atomic E-state index is 10.9. The largest absolute Gasteiger partial charge is 0.350 e. The third-order valence-electron chi connectivity index (χ3n) is 1.84. The van der Waals surface area contributed by atoms with Crippen LogP contribution in [0.2, 0.25) is 0 Å². The van der Waals surface area contributed by atoms with Crippen molar-refractivity contribution < 1.29 is 18.4 Å². The first-order valence-corrected chi connectivity index (χ1v) is 6.49. The van der Waals surface area contributed by atoms with Gasteiger partial charge in [0.2, 0.25) is 10.0 Å². The number of urea groups is 1. The van der Waals surface area contributed by atoms with Crippen molar-refractivity contribution >= 4 is 21.7 Å². The van der Waals surface area contributed by atoms with Crippen LogP contribution in [0.4, 0.5) is 10.5 Å². The molecule has 94 valence electrons. The van der Waals surface area contributed by atoms with Crippen molar-refractivity contribution in [2.75, 3.05) is 11.0 Å². The fourth-order valence-corrected chi connectivity index (χ4v) is 1.71. The maximum Gasteiger partial charge on any atom is 0.338 e. The van der Waals surface area contributed by atoms with Crippen molar-refractivity contribution in [1.82, 2.24) is 5.06 Å². The zero-order chi connectivity index (χ0) is 13.1. The Morgan fingerprint density at radius 1 is 1.41 bits per heavy atom. The van der Waals surface area contributed by atoms with Crippen molar-refractivity contribution in [2.45, 2.75) is 6.54 Å². The van der Waals surface area contributed by atoms with Crippen LogP contribution < -0.4 is 10.5 Å². The molecule has 4 N–H and O–H groups in total. The van der Waals surface area contributed by atoms with E-state index >= 15 is 0 Å². The maximum atomic E-state index is 10.9. The van der Waals surface area contributed by atoms with Gasteiger partial charge in [-0.15, -0.1) is 0 Å². The van der Waals surface area contributed by atoms with Crippen LogP contribution in [0.1, 0.15) is 5.56 Å². The van der Waals surface area contributed by atoms with Crippen LogP contribution in [0.5, 0.6) is 0 Å². The van der Waals surface area contributed by atoms with E-state index in [1.165, 1.54) is 12.1 Å². The quantitative estimate of drug-likeness (QED) is 0.534. The van der Waals surface area contributed by atoms with Gasteiger partial charge in [-0.25, -0.2) is 18.3 Å². The molecular weight excluding hydrogens is 246 g/mol. The van der Waals surface area contributed by atoms with E-state index in [9.17, 15) is 13.2 Å². The number of benzene rings is 1. The van der Waals surface area contributed by atoms with Gasteiger partial charge >= 0.3 is 6.03 Å². The van der Waals surface area contributed by atoms with Gasteiger partial charge in [0.15, 0.2) is 0 Å². The molecule has 0 bridgehead atoms. The third-order valence-corrected chi connectivity index (χ3v) is 2.45. The topological polar surface area (TPSA) is 113 Å². The Bertz CT molecular complexity index is 497. The number of carbonyl (C=O) groups is 1. The lowest BCUT2D eigenvalue weighted by molar-refractivity contribution is -0.0470. The first-order chi connectivity index (χ1) is 7.78. The lowest BCUT2D eigenvalue weighted by Gasteiger charge is -2.12. The molecule has 0 atom stereocenters. The van der Waals surface area contributed by atoms with Gasteiger partial charge in [-0.2, -0.15) is 0 Å². The van der Waals surface area contributed by atoms with Gasteiger partial charge in [0, 0.05) is 5.69 Å². The molecule has 8 heteroatoms. The van der Waals surface area contributed by atoms with E-state index in [0.717, 1.165) is 6.26 Å². The van der Waals surface area contributed by atoms with E-state index in [1.54, 1.807) is 12.1 Å². The zero-order valence-corrected chi connectivity index (χ0v) is 9.94. The lowest BCUT2D eigenvalue weighted by Crippen LogP contribution is -2.31. The molecule has 1 aromatic carbocycles. The Labute approximate surface area is 98.8 Å². The number of carbonyl (C=O) groups excluding carboxylic acids is 1. The summed E-state index contributed by atoms with van der Waals surface area (Å²) in [7, 11) is -3.31. The summed E-state index contributed by atoms with van der Waals surface area (Å²) in [4.78, 5) is 10.6. The Balaban J connectivity index is 2.72. The summed E-state index contributed by atoms with van der Waals surface area (Å²) in [5.74, 6) is 0. The molecule has 17 heavy (non-hydrogen) atoms. The minimum atomic E-state index is -3.31. The average molecular weight is 259 g/mol. The van der Waals surface area contributed by atoms with Crippen molar-refractivity contribution in [3.05, 3.63) is 29.8 Å². The molecule has 1 rings (SSSR count). The summed E-state index contributed by atoms with van der Waals surface area (Å²) >= 11 is 0. The highest BCUT2D eigenvalue weighted by molar-refractivity contribution is 7.92. The average Bonchev–Trinajstić information content (AvgIpc) is 2.18. The fourth-order valence-electron chi connectivity index (χ4n) is 1.14. The third kappa shape index (κ3) is 4.70. The van der Waals surface area contributed by atoms with Crippen LogP contribution >= 0.6 is 0 Å². The molecule has 0 unspecified atom stereocenters. The van der Waals surface area contributed by atoms with Crippen LogP contribution in [-0.2, 0) is 16.6 Å².